The molecule has 0 aromatic heterocycles. The third-order valence-corrected chi connectivity index (χ3v) is 6.02. The Labute approximate surface area is 135 Å². The van der Waals surface area contributed by atoms with E-state index in [1.807, 2.05) is 12.1 Å². The van der Waals surface area contributed by atoms with Crippen LogP contribution < -0.4 is 4.74 Å². The van der Waals surface area contributed by atoms with Crippen molar-refractivity contribution < 1.29 is 4.74 Å². The van der Waals surface area contributed by atoms with E-state index < -0.39 is 0 Å². The Morgan fingerprint density at radius 1 is 1.00 bits per heavy atom. The number of fused-ring (bicyclic) bond motifs is 3. The number of methoxy groups -OCH3 is 1. The Morgan fingerprint density at radius 3 is 2.18 bits per heavy atom. The SMILES string of the molecule is CCCCC12CCC(C#Cc3ccc(OC)cc3)(CC1)CC2. The zero-order chi connectivity index (χ0) is 15.5. The van der Waals surface area contributed by atoms with Crippen LogP contribution in [0.5, 0.6) is 5.75 Å². The fourth-order valence-corrected chi connectivity index (χ4v) is 4.26. The lowest BCUT2D eigenvalue weighted by Gasteiger charge is -2.51. The van der Waals surface area contributed by atoms with Crippen LogP contribution in [0, 0.1) is 22.7 Å². The van der Waals surface area contributed by atoms with E-state index in [-0.39, 0.29) is 0 Å². The molecule has 4 rings (SSSR count). The predicted octanol–water partition coefficient (Wildman–Crippen LogP) is 5.58. The van der Waals surface area contributed by atoms with E-state index in [9.17, 15) is 0 Å². The molecule has 1 aromatic rings. The second-order valence-electron chi connectivity index (χ2n) is 7.36. The van der Waals surface area contributed by atoms with Crippen molar-refractivity contribution in [3.63, 3.8) is 0 Å². The molecule has 0 radical (unpaired) electrons. The van der Waals surface area contributed by atoms with Crippen LogP contribution in [0.1, 0.15) is 70.3 Å². The van der Waals surface area contributed by atoms with Gasteiger partial charge in [0.25, 0.3) is 0 Å². The maximum absolute atomic E-state index is 5.21. The highest BCUT2D eigenvalue weighted by Gasteiger charge is 2.47. The van der Waals surface area contributed by atoms with Crippen molar-refractivity contribution in [1.29, 1.82) is 0 Å². The molecule has 1 nitrogen and oxygen atoms in total. The molecule has 0 atom stereocenters. The Hall–Kier alpha value is -1.42. The van der Waals surface area contributed by atoms with Gasteiger partial charge in [0, 0.05) is 11.0 Å². The van der Waals surface area contributed by atoms with Gasteiger partial charge in [-0.15, -0.1) is 0 Å². The van der Waals surface area contributed by atoms with E-state index in [0.717, 1.165) is 11.3 Å². The summed E-state index contributed by atoms with van der Waals surface area (Å²) < 4.78 is 5.21. The number of benzene rings is 1. The molecule has 0 N–H and O–H groups in total. The van der Waals surface area contributed by atoms with Gasteiger partial charge in [-0.1, -0.05) is 31.6 Å². The fraction of sp³-hybridized carbons (Fsp3) is 0.619. The van der Waals surface area contributed by atoms with E-state index in [1.54, 1.807) is 7.11 Å². The van der Waals surface area contributed by atoms with E-state index in [2.05, 4.69) is 30.9 Å². The number of rotatable bonds is 4. The van der Waals surface area contributed by atoms with Crippen molar-refractivity contribution in [3.05, 3.63) is 29.8 Å². The molecule has 22 heavy (non-hydrogen) atoms. The minimum atomic E-state index is 0.313. The minimum absolute atomic E-state index is 0.313. The van der Waals surface area contributed by atoms with E-state index >= 15 is 0 Å². The summed E-state index contributed by atoms with van der Waals surface area (Å²) in [5.74, 6) is 7.99. The first-order chi connectivity index (χ1) is 10.7. The van der Waals surface area contributed by atoms with Gasteiger partial charge in [0.1, 0.15) is 5.75 Å². The van der Waals surface area contributed by atoms with Gasteiger partial charge < -0.3 is 4.74 Å². The van der Waals surface area contributed by atoms with Crippen molar-refractivity contribution in [1.82, 2.24) is 0 Å². The molecular formula is C21H28O. The van der Waals surface area contributed by atoms with Crippen molar-refractivity contribution >= 4 is 0 Å². The van der Waals surface area contributed by atoms with Crippen LogP contribution in [-0.2, 0) is 0 Å². The molecule has 1 aromatic carbocycles. The van der Waals surface area contributed by atoms with Gasteiger partial charge in [-0.25, -0.2) is 0 Å². The number of hydrogen-bond acceptors (Lipinski definition) is 1. The van der Waals surface area contributed by atoms with Crippen LogP contribution in [-0.4, -0.2) is 7.11 Å². The third-order valence-electron chi connectivity index (χ3n) is 6.02. The Morgan fingerprint density at radius 2 is 1.64 bits per heavy atom. The predicted molar refractivity (Wildman–Crippen MR) is 92.0 cm³/mol. The molecule has 3 aliphatic carbocycles. The zero-order valence-electron chi connectivity index (χ0n) is 14.1. The standard InChI is InChI=1S/C21H28O/c1-3-4-10-20-12-15-21(16-13-20,17-14-20)11-9-18-5-7-19(22-2)8-6-18/h5-8H,3-4,10,12-17H2,1-2H3. The molecule has 0 spiro atoms. The maximum Gasteiger partial charge on any atom is 0.118 e. The second kappa shape index (κ2) is 6.37. The number of hydrogen-bond donors (Lipinski definition) is 0. The smallest absolute Gasteiger partial charge is 0.118 e. The summed E-state index contributed by atoms with van der Waals surface area (Å²) in [6.07, 6.45) is 12.4. The minimum Gasteiger partial charge on any atom is -0.497 e. The van der Waals surface area contributed by atoms with Gasteiger partial charge in [0.15, 0.2) is 0 Å². The average molecular weight is 296 g/mol. The largest absolute Gasteiger partial charge is 0.497 e. The summed E-state index contributed by atoms with van der Waals surface area (Å²) in [5, 5.41) is 0. The molecule has 2 bridgehead atoms. The Balaban J connectivity index is 1.66. The molecule has 3 fully saturated rings. The van der Waals surface area contributed by atoms with E-state index in [0.29, 0.717) is 10.8 Å². The highest BCUT2D eigenvalue weighted by atomic mass is 16.5. The van der Waals surface area contributed by atoms with Crippen molar-refractivity contribution in [2.75, 3.05) is 7.11 Å². The zero-order valence-corrected chi connectivity index (χ0v) is 14.1. The van der Waals surface area contributed by atoms with Crippen LogP contribution in [0.3, 0.4) is 0 Å². The number of unbranched alkanes of at least 4 members (excludes halogenated alkanes) is 1. The number of ether oxygens (including phenoxy) is 1. The Bertz CT molecular complexity index is 533. The van der Waals surface area contributed by atoms with Gasteiger partial charge in [0.2, 0.25) is 0 Å². The lowest BCUT2D eigenvalue weighted by atomic mass is 9.53. The summed E-state index contributed by atoms with van der Waals surface area (Å²) in [5.41, 5.74) is 2.11. The first-order valence-electron chi connectivity index (χ1n) is 8.87. The highest BCUT2D eigenvalue weighted by Crippen LogP contribution is 2.58. The van der Waals surface area contributed by atoms with Crippen LogP contribution in [0.4, 0.5) is 0 Å². The lowest BCUT2D eigenvalue weighted by molar-refractivity contribution is 0.0189. The third kappa shape index (κ3) is 3.17. The van der Waals surface area contributed by atoms with Gasteiger partial charge in [0.05, 0.1) is 7.11 Å². The molecular weight excluding hydrogens is 268 g/mol. The summed E-state index contributed by atoms with van der Waals surface area (Å²) in [7, 11) is 1.70. The lowest BCUT2D eigenvalue weighted by Crippen LogP contribution is -2.40. The highest BCUT2D eigenvalue weighted by molar-refractivity contribution is 5.39. The topological polar surface area (TPSA) is 9.23 Å². The fourth-order valence-electron chi connectivity index (χ4n) is 4.26. The molecule has 0 heterocycles. The average Bonchev–Trinajstić information content (AvgIpc) is 2.60. The van der Waals surface area contributed by atoms with Crippen molar-refractivity contribution in [2.45, 2.75) is 64.7 Å². The van der Waals surface area contributed by atoms with Crippen LogP contribution in [0.15, 0.2) is 24.3 Å². The maximum atomic E-state index is 5.21. The van der Waals surface area contributed by atoms with Crippen LogP contribution >= 0.6 is 0 Å². The first kappa shape index (κ1) is 15.5. The van der Waals surface area contributed by atoms with Gasteiger partial charge in [-0.05, 0) is 74.6 Å². The summed E-state index contributed by atoms with van der Waals surface area (Å²) in [6.45, 7) is 2.31. The molecule has 0 amide bonds. The monoisotopic (exact) mass is 296 g/mol. The molecule has 0 unspecified atom stereocenters. The summed E-state index contributed by atoms with van der Waals surface area (Å²) >= 11 is 0. The van der Waals surface area contributed by atoms with Gasteiger partial charge in [-0.2, -0.15) is 0 Å². The van der Waals surface area contributed by atoms with Crippen LogP contribution in [0.2, 0.25) is 0 Å². The van der Waals surface area contributed by atoms with Gasteiger partial charge in [-0.3, -0.25) is 0 Å². The Kier molecular flexibility index (Phi) is 4.48. The van der Waals surface area contributed by atoms with Gasteiger partial charge >= 0.3 is 0 Å². The molecule has 1 heteroatoms. The summed E-state index contributed by atoms with van der Waals surface area (Å²) in [6, 6.07) is 8.14. The molecule has 118 valence electrons. The second-order valence-corrected chi connectivity index (χ2v) is 7.36. The quantitative estimate of drug-likeness (QED) is 0.659. The first-order valence-corrected chi connectivity index (χ1v) is 8.87. The summed E-state index contributed by atoms with van der Waals surface area (Å²) in [4.78, 5) is 0. The van der Waals surface area contributed by atoms with Crippen LogP contribution in [0.25, 0.3) is 0 Å². The molecule has 0 saturated heterocycles. The van der Waals surface area contributed by atoms with Crippen molar-refractivity contribution in [3.8, 4) is 17.6 Å². The normalized spacial score (nSPS) is 29.7. The van der Waals surface area contributed by atoms with E-state index in [1.165, 1.54) is 57.8 Å². The molecule has 3 aliphatic rings. The van der Waals surface area contributed by atoms with E-state index in [4.69, 9.17) is 4.74 Å². The molecule has 3 saturated carbocycles. The molecule has 0 aliphatic heterocycles. The van der Waals surface area contributed by atoms with Crippen molar-refractivity contribution in [2.24, 2.45) is 10.8 Å².